The Hall–Kier alpha value is -1.09. The lowest BCUT2D eigenvalue weighted by atomic mass is 9.65. The maximum atomic E-state index is 5.76. The molecule has 0 amide bonds. The third kappa shape index (κ3) is 4.44. The molecule has 2 rings (SSSR count). The second-order valence-corrected chi connectivity index (χ2v) is 7.13. The van der Waals surface area contributed by atoms with Gasteiger partial charge in [0.25, 0.3) is 0 Å². The highest BCUT2D eigenvalue weighted by Gasteiger charge is 2.35. The Morgan fingerprint density at radius 3 is 2.90 bits per heavy atom. The molecule has 2 atom stereocenters. The Morgan fingerprint density at radius 1 is 1.38 bits per heavy atom. The van der Waals surface area contributed by atoms with Crippen molar-refractivity contribution in [3.8, 4) is 5.75 Å². The smallest absolute Gasteiger partial charge is 0.137 e. The normalized spacial score (nSPS) is 24.8. The van der Waals surface area contributed by atoms with Crippen molar-refractivity contribution in [1.82, 2.24) is 10.3 Å². The summed E-state index contributed by atoms with van der Waals surface area (Å²) in [6.45, 7) is 8.76. The molecule has 21 heavy (non-hydrogen) atoms. The predicted molar refractivity (Wildman–Crippen MR) is 87.8 cm³/mol. The van der Waals surface area contributed by atoms with Gasteiger partial charge < -0.3 is 10.1 Å². The van der Waals surface area contributed by atoms with Gasteiger partial charge in [-0.1, -0.05) is 20.8 Å². The summed E-state index contributed by atoms with van der Waals surface area (Å²) in [5, 5.41) is 3.36. The van der Waals surface area contributed by atoms with E-state index in [9.17, 15) is 0 Å². The SMILES string of the molecule is CCCOc1cncc(C2CC(C)(C)CCC2CNC)c1. The number of nitrogens with one attached hydrogen (secondary N) is 1. The van der Waals surface area contributed by atoms with Crippen LogP contribution in [-0.4, -0.2) is 25.2 Å². The van der Waals surface area contributed by atoms with Crippen molar-refractivity contribution in [1.29, 1.82) is 0 Å². The van der Waals surface area contributed by atoms with Gasteiger partial charge in [-0.3, -0.25) is 4.98 Å². The number of rotatable bonds is 6. The van der Waals surface area contributed by atoms with Crippen molar-refractivity contribution in [2.24, 2.45) is 11.3 Å². The summed E-state index contributed by atoms with van der Waals surface area (Å²) in [6, 6.07) is 2.21. The number of pyridine rings is 1. The van der Waals surface area contributed by atoms with Crippen molar-refractivity contribution < 1.29 is 4.74 Å². The quantitative estimate of drug-likeness (QED) is 0.860. The highest BCUT2D eigenvalue weighted by atomic mass is 16.5. The largest absolute Gasteiger partial charge is 0.492 e. The molecular weight excluding hydrogens is 260 g/mol. The van der Waals surface area contributed by atoms with E-state index in [2.05, 4.69) is 44.2 Å². The van der Waals surface area contributed by atoms with E-state index in [4.69, 9.17) is 4.74 Å². The summed E-state index contributed by atoms with van der Waals surface area (Å²) in [4.78, 5) is 4.41. The van der Waals surface area contributed by atoms with E-state index in [0.717, 1.165) is 25.3 Å². The first-order valence-electron chi connectivity index (χ1n) is 8.28. The predicted octanol–water partition coefficient (Wildman–Crippen LogP) is 4.00. The van der Waals surface area contributed by atoms with Crippen LogP contribution in [0.2, 0.25) is 0 Å². The first-order valence-corrected chi connectivity index (χ1v) is 8.28. The van der Waals surface area contributed by atoms with E-state index in [1.54, 1.807) is 0 Å². The summed E-state index contributed by atoms with van der Waals surface area (Å²) in [6.07, 6.45) is 8.74. The van der Waals surface area contributed by atoms with Gasteiger partial charge in [-0.2, -0.15) is 0 Å². The lowest BCUT2D eigenvalue weighted by molar-refractivity contribution is 0.160. The molecule has 3 heteroatoms. The van der Waals surface area contributed by atoms with Crippen molar-refractivity contribution in [2.45, 2.75) is 52.4 Å². The van der Waals surface area contributed by atoms with Crippen LogP contribution in [0.3, 0.4) is 0 Å². The molecule has 0 aromatic carbocycles. The zero-order chi connectivity index (χ0) is 15.3. The van der Waals surface area contributed by atoms with Gasteiger partial charge in [0.1, 0.15) is 5.75 Å². The van der Waals surface area contributed by atoms with E-state index < -0.39 is 0 Å². The van der Waals surface area contributed by atoms with Crippen LogP contribution in [0, 0.1) is 11.3 Å². The van der Waals surface area contributed by atoms with Crippen LogP contribution < -0.4 is 10.1 Å². The van der Waals surface area contributed by atoms with E-state index in [1.807, 2.05) is 12.4 Å². The molecule has 1 fully saturated rings. The average molecular weight is 290 g/mol. The third-order valence-electron chi connectivity index (χ3n) is 4.64. The molecule has 0 aliphatic heterocycles. The summed E-state index contributed by atoms with van der Waals surface area (Å²) in [5.74, 6) is 2.20. The second-order valence-electron chi connectivity index (χ2n) is 7.13. The Kier molecular flexibility index (Phi) is 5.63. The fraction of sp³-hybridized carbons (Fsp3) is 0.722. The van der Waals surface area contributed by atoms with Gasteiger partial charge >= 0.3 is 0 Å². The summed E-state index contributed by atoms with van der Waals surface area (Å²) < 4.78 is 5.76. The number of hydrogen-bond acceptors (Lipinski definition) is 3. The van der Waals surface area contributed by atoms with Crippen molar-refractivity contribution in [3.05, 3.63) is 24.0 Å². The first kappa shape index (κ1) is 16.3. The maximum Gasteiger partial charge on any atom is 0.137 e. The van der Waals surface area contributed by atoms with E-state index in [1.165, 1.54) is 24.8 Å². The highest BCUT2D eigenvalue weighted by Crippen LogP contribution is 2.46. The van der Waals surface area contributed by atoms with Gasteiger partial charge in [0.15, 0.2) is 0 Å². The molecule has 0 bridgehead atoms. The van der Waals surface area contributed by atoms with Crippen LogP contribution in [0.25, 0.3) is 0 Å². The topological polar surface area (TPSA) is 34.1 Å². The number of hydrogen-bond donors (Lipinski definition) is 1. The molecule has 2 unspecified atom stereocenters. The fourth-order valence-corrected chi connectivity index (χ4v) is 3.48. The molecule has 1 heterocycles. The minimum atomic E-state index is 0.426. The molecule has 0 radical (unpaired) electrons. The minimum absolute atomic E-state index is 0.426. The van der Waals surface area contributed by atoms with Crippen molar-refractivity contribution >= 4 is 0 Å². The number of ether oxygens (including phenoxy) is 1. The van der Waals surface area contributed by atoms with Crippen LogP contribution in [0.1, 0.15) is 57.9 Å². The fourth-order valence-electron chi connectivity index (χ4n) is 3.48. The van der Waals surface area contributed by atoms with Crippen molar-refractivity contribution in [2.75, 3.05) is 20.2 Å². The van der Waals surface area contributed by atoms with Crippen LogP contribution in [-0.2, 0) is 0 Å². The molecule has 1 N–H and O–H groups in total. The number of aromatic nitrogens is 1. The van der Waals surface area contributed by atoms with Gasteiger partial charge in [-0.25, -0.2) is 0 Å². The lowest BCUT2D eigenvalue weighted by Crippen LogP contribution is -2.33. The maximum absolute atomic E-state index is 5.76. The van der Waals surface area contributed by atoms with E-state index >= 15 is 0 Å². The van der Waals surface area contributed by atoms with E-state index in [-0.39, 0.29) is 0 Å². The van der Waals surface area contributed by atoms with Gasteiger partial charge in [-0.15, -0.1) is 0 Å². The van der Waals surface area contributed by atoms with Crippen LogP contribution in [0.5, 0.6) is 5.75 Å². The highest BCUT2D eigenvalue weighted by molar-refractivity contribution is 5.27. The Morgan fingerprint density at radius 2 is 2.19 bits per heavy atom. The lowest BCUT2D eigenvalue weighted by Gasteiger charge is -2.41. The van der Waals surface area contributed by atoms with Crippen molar-refractivity contribution in [3.63, 3.8) is 0 Å². The molecule has 0 saturated heterocycles. The monoisotopic (exact) mass is 290 g/mol. The molecule has 0 spiro atoms. The molecule has 1 aliphatic carbocycles. The zero-order valence-corrected chi connectivity index (χ0v) is 14.0. The Balaban J connectivity index is 2.18. The van der Waals surface area contributed by atoms with Gasteiger partial charge in [0.2, 0.25) is 0 Å². The second kappa shape index (κ2) is 7.26. The van der Waals surface area contributed by atoms with Crippen LogP contribution in [0.15, 0.2) is 18.5 Å². The molecule has 1 aromatic heterocycles. The molecule has 3 nitrogen and oxygen atoms in total. The van der Waals surface area contributed by atoms with Crippen LogP contribution in [0.4, 0.5) is 0 Å². The standard InChI is InChI=1S/C18H30N2O/c1-5-8-21-16-9-15(12-20-13-16)17-10-18(2,3)7-6-14(17)11-19-4/h9,12-14,17,19H,5-8,10-11H2,1-4H3. The molecule has 1 aromatic rings. The average Bonchev–Trinajstić information content (AvgIpc) is 2.47. The summed E-state index contributed by atoms with van der Waals surface area (Å²) >= 11 is 0. The van der Waals surface area contributed by atoms with Gasteiger partial charge in [0.05, 0.1) is 12.8 Å². The third-order valence-corrected chi connectivity index (χ3v) is 4.64. The minimum Gasteiger partial charge on any atom is -0.492 e. The first-order chi connectivity index (χ1) is 10.1. The Labute approximate surface area is 129 Å². The summed E-state index contributed by atoms with van der Waals surface area (Å²) in [7, 11) is 2.05. The molecule has 1 aliphatic rings. The molecule has 118 valence electrons. The summed E-state index contributed by atoms with van der Waals surface area (Å²) in [5.41, 5.74) is 1.77. The van der Waals surface area contributed by atoms with Gasteiger partial charge in [-0.05, 0) is 68.2 Å². The Bertz CT molecular complexity index is 445. The molecular formula is C18H30N2O. The van der Waals surface area contributed by atoms with Gasteiger partial charge in [0, 0.05) is 6.20 Å². The van der Waals surface area contributed by atoms with E-state index in [0.29, 0.717) is 17.3 Å². The number of nitrogens with zero attached hydrogens (tertiary/aromatic N) is 1. The molecule has 1 saturated carbocycles. The zero-order valence-electron chi connectivity index (χ0n) is 14.0. The van der Waals surface area contributed by atoms with Crippen LogP contribution >= 0.6 is 0 Å².